The highest BCUT2D eigenvalue weighted by Gasteiger charge is 2.17. The number of aromatic nitrogens is 1. The highest BCUT2D eigenvalue weighted by atomic mass is 16.5. The molecule has 4 nitrogen and oxygen atoms in total. The number of aliphatic hydroxyl groups excluding tert-OH is 1. The number of pyridine rings is 1. The Bertz CT molecular complexity index is 611. The Morgan fingerprint density at radius 2 is 1.95 bits per heavy atom. The highest BCUT2D eigenvalue weighted by molar-refractivity contribution is 5.60. The van der Waals surface area contributed by atoms with Crippen LogP contribution >= 0.6 is 0 Å². The van der Waals surface area contributed by atoms with Gasteiger partial charge in [0.2, 0.25) is 0 Å². The van der Waals surface area contributed by atoms with Gasteiger partial charge in [0.15, 0.2) is 0 Å². The van der Waals surface area contributed by atoms with Crippen LogP contribution in [0.3, 0.4) is 0 Å². The molecule has 1 N–H and O–H groups in total. The van der Waals surface area contributed by atoms with Gasteiger partial charge in [-0.3, -0.25) is 4.98 Å². The molecule has 0 aliphatic heterocycles. The number of nitrogens with zero attached hydrogens (tertiary/aromatic N) is 2. The van der Waals surface area contributed by atoms with Crippen LogP contribution in [0, 0.1) is 6.92 Å². The lowest BCUT2D eigenvalue weighted by Gasteiger charge is -2.25. The molecule has 1 atom stereocenters. The monoisotopic (exact) mass is 286 g/mol. The van der Waals surface area contributed by atoms with E-state index >= 15 is 0 Å². The van der Waals surface area contributed by atoms with Gasteiger partial charge in [-0.2, -0.15) is 0 Å². The van der Waals surface area contributed by atoms with Crippen LogP contribution < -0.4 is 9.64 Å². The van der Waals surface area contributed by atoms with Gasteiger partial charge in [0, 0.05) is 24.0 Å². The third-order valence-electron chi connectivity index (χ3n) is 3.44. The van der Waals surface area contributed by atoms with E-state index in [1.807, 2.05) is 50.4 Å². The molecule has 0 spiro atoms. The fourth-order valence-electron chi connectivity index (χ4n) is 2.48. The summed E-state index contributed by atoms with van der Waals surface area (Å²) in [5.41, 5.74) is 3.75. The number of ether oxygens (including phenoxy) is 1. The molecule has 1 aromatic carbocycles. The number of hydrogen-bond acceptors (Lipinski definition) is 4. The molecule has 1 aromatic heterocycles. The Morgan fingerprint density at radius 3 is 2.57 bits per heavy atom. The smallest absolute Gasteiger partial charge is 0.126 e. The van der Waals surface area contributed by atoms with Gasteiger partial charge in [0.25, 0.3) is 0 Å². The quantitative estimate of drug-likeness (QED) is 0.917. The van der Waals surface area contributed by atoms with E-state index in [9.17, 15) is 5.11 Å². The normalized spacial score (nSPS) is 12.0. The molecule has 0 radical (unpaired) electrons. The first-order chi connectivity index (χ1) is 10.0. The summed E-state index contributed by atoms with van der Waals surface area (Å²) in [6, 6.07) is 11.8. The molecule has 0 aliphatic rings. The summed E-state index contributed by atoms with van der Waals surface area (Å²) in [7, 11) is 3.61. The maximum absolute atomic E-state index is 10.1. The van der Waals surface area contributed by atoms with E-state index < -0.39 is 6.10 Å². The van der Waals surface area contributed by atoms with Gasteiger partial charge in [0.05, 0.1) is 25.5 Å². The molecule has 0 aliphatic carbocycles. The molecule has 4 heteroatoms. The minimum Gasteiger partial charge on any atom is -0.496 e. The molecule has 0 amide bonds. The molecule has 112 valence electrons. The van der Waals surface area contributed by atoms with Crippen molar-refractivity contribution in [1.29, 1.82) is 0 Å². The van der Waals surface area contributed by atoms with Crippen molar-refractivity contribution < 1.29 is 9.84 Å². The van der Waals surface area contributed by atoms with E-state index in [2.05, 4.69) is 9.88 Å². The first kappa shape index (κ1) is 15.3. The van der Waals surface area contributed by atoms with Crippen molar-refractivity contribution in [3.05, 3.63) is 53.3 Å². The summed E-state index contributed by atoms with van der Waals surface area (Å²) in [5, 5.41) is 10.1. The van der Waals surface area contributed by atoms with Crippen LogP contribution in [0.1, 0.15) is 30.0 Å². The highest BCUT2D eigenvalue weighted by Crippen LogP contribution is 2.34. The predicted octanol–water partition coefficient (Wildman–Crippen LogP) is 3.09. The number of methoxy groups -OCH3 is 1. The lowest BCUT2D eigenvalue weighted by atomic mass is 10.1. The Balaban J connectivity index is 2.32. The summed E-state index contributed by atoms with van der Waals surface area (Å²) in [5.74, 6) is 0.701. The van der Waals surface area contributed by atoms with E-state index in [-0.39, 0.29) is 0 Å². The second-order valence-electron chi connectivity index (χ2n) is 5.20. The number of aliphatic hydroxyl groups is 1. The lowest BCUT2D eigenvalue weighted by Crippen LogP contribution is -2.20. The molecule has 2 rings (SSSR count). The molecule has 21 heavy (non-hydrogen) atoms. The second kappa shape index (κ2) is 6.59. The summed E-state index contributed by atoms with van der Waals surface area (Å²) < 4.78 is 5.36. The number of benzene rings is 1. The van der Waals surface area contributed by atoms with Gasteiger partial charge in [-0.1, -0.05) is 12.1 Å². The van der Waals surface area contributed by atoms with Crippen molar-refractivity contribution >= 4 is 5.69 Å². The second-order valence-corrected chi connectivity index (χ2v) is 5.20. The Labute approximate surface area is 126 Å². The molecule has 0 saturated heterocycles. The third kappa shape index (κ3) is 3.52. The van der Waals surface area contributed by atoms with Gasteiger partial charge in [-0.25, -0.2) is 0 Å². The number of hydrogen-bond donors (Lipinski definition) is 1. The summed E-state index contributed by atoms with van der Waals surface area (Å²) in [6.45, 7) is 4.41. The standard InChI is InChI=1S/C17H22N2O2/c1-12-7-5-8-14(18-12)11-19(3)15-9-6-10-16(21-4)17(15)13(2)20/h5-10,13,20H,11H2,1-4H3. The number of rotatable bonds is 5. The fraction of sp³-hybridized carbons (Fsp3) is 0.353. The van der Waals surface area contributed by atoms with Crippen LogP contribution in [0.5, 0.6) is 5.75 Å². The number of aryl methyl sites for hydroxylation is 1. The molecule has 0 fully saturated rings. The SMILES string of the molecule is COc1cccc(N(C)Cc2cccc(C)n2)c1C(C)O. The minimum absolute atomic E-state index is 0.593. The molecule has 0 saturated carbocycles. The van der Waals surface area contributed by atoms with E-state index in [4.69, 9.17) is 4.74 Å². The molecular weight excluding hydrogens is 264 g/mol. The van der Waals surface area contributed by atoms with Crippen LogP contribution in [0.25, 0.3) is 0 Å². The van der Waals surface area contributed by atoms with Crippen LogP contribution in [-0.4, -0.2) is 24.2 Å². The zero-order chi connectivity index (χ0) is 15.4. The maximum Gasteiger partial charge on any atom is 0.126 e. The Morgan fingerprint density at radius 1 is 1.24 bits per heavy atom. The summed E-state index contributed by atoms with van der Waals surface area (Å²) in [4.78, 5) is 6.60. The van der Waals surface area contributed by atoms with Crippen LogP contribution in [0.15, 0.2) is 36.4 Å². The predicted molar refractivity (Wildman–Crippen MR) is 84.7 cm³/mol. The largest absolute Gasteiger partial charge is 0.496 e. The van der Waals surface area contributed by atoms with E-state index in [0.717, 1.165) is 22.6 Å². The Hall–Kier alpha value is -2.07. The first-order valence-electron chi connectivity index (χ1n) is 7.01. The van der Waals surface area contributed by atoms with E-state index in [1.54, 1.807) is 14.0 Å². The van der Waals surface area contributed by atoms with Crippen LogP contribution in [0.4, 0.5) is 5.69 Å². The van der Waals surface area contributed by atoms with Crippen molar-refractivity contribution in [2.45, 2.75) is 26.5 Å². The first-order valence-corrected chi connectivity index (χ1v) is 7.01. The minimum atomic E-state index is -0.593. The fourth-order valence-corrected chi connectivity index (χ4v) is 2.48. The van der Waals surface area contributed by atoms with Crippen molar-refractivity contribution in [1.82, 2.24) is 4.98 Å². The molecule has 2 aromatic rings. The van der Waals surface area contributed by atoms with Gasteiger partial charge in [0.1, 0.15) is 5.75 Å². The van der Waals surface area contributed by atoms with E-state index in [0.29, 0.717) is 12.3 Å². The zero-order valence-corrected chi connectivity index (χ0v) is 13.0. The molecule has 1 unspecified atom stereocenters. The zero-order valence-electron chi connectivity index (χ0n) is 13.0. The van der Waals surface area contributed by atoms with Gasteiger partial charge in [-0.05, 0) is 38.1 Å². The average molecular weight is 286 g/mol. The molecular formula is C17H22N2O2. The van der Waals surface area contributed by atoms with Crippen molar-refractivity contribution in [2.24, 2.45) is 0 Å². The lowest BCUT2D eigenvalue weighted by molar-refractivity contribution is 0.194. The summed E-state index contributed by atoms with van der Waals surface area (Å²) >= 11 is 0. The molecule has 1 heterocycles. The van der Waals surface area contributed by atoms with Gasteiger partial charge < -0.3 is 14.7 Å². The van der Waals surface area contributed by atoms with Crippen molar-refractivity contribution in [2.75, 3.05) is 19.1 Å². The van der Waals surface area contributed by atoms with E-state index in [1.165, 1.54) is 0 Å². The molecule has 0 bridgehead atoms. The van der Waals surface area contributed by atoms with Crippen LogP contribution in [-0.2, 0) is 6.54 Å². The van der Waals surface area contributed by atoms with Gasteiger partial charge >= 0.3 is 0 Å². The van der Waals surface area contributed by atoms with Gasteiger partial charge in [-0.15, -0.1) is 0 Å². The summed E-state index contributed by atoms with van der Waals surface area (Å²) in [6.07, 6.45) is -0.593. The maximum atomic E-state index is 10.1. The topological polar surface area (TPSA) is 45.6 Å². The van der Waals surface area contributed by atoms with Crippen molar-refractivity contribution in [3.63, 3.8) is 0 Å². The third-order valence-corrected chi connectivity index (χ3v) is 3.44. The van der Waals surface area contributed by atoms with Crippen molar-refractivity contribution in [3.8, 4) is 5.75 Å². The average Bonchev–Trinajstić information content (AvgIpc) is 2.46. The Kier molecular flexibility index (Phi) is 4.81. The van der Waals surface area contributed by atoms with Crippen LogP contribution in [0.2, 0.25) is 0 Å². The number of anilines is 1.